The van der Waals surface area contributed by atoms with Gasteiger partial charge in [0.1, 0.15) is 11.6 Å². The highest BCUT2D eigenvalue weighted by Gasteiger charge is 2.14. The second-order valence-electron chi connectivity index (χ2n) is 4.29. The first-order chi connectivity index (χ1) is 9.51. The molecular formula is C15H13ClFNO2. The van der Waals surface area contributed by atoms with Gasteiger partial charge in [0.25, 0.3) is 0 Å². The Balaban J connectivity index is 2.28. The zero-order valence-electron chi connectivity index (χ0n) is 10.8. The topological polar surface area (TPSA) is 52.3 Å². The number of ketones is 1. The molecule has 0 amide bonds. The summed E-state index contributed by atoms with van der Waals surface area (Å²) in [4.78, 5) is 12.2. The number of nitrogens with two attached hydrogens (primary N) is 1. The molecule has 0 atom stereocenters. The summed E-state index contributed by atoms with van der Waals surface area (Å²) in [7, 11) is 1.50. The van der Waals surface area contributed by atoms with Gasteiger partial charge in [0, 0.05) is 22.7 Å². The highest BCUT2D eigenvalue weighted by Crippen LogP contribution is 2.22. The fourth-order valence-corrected chi connectivity index (χ4v) is 2.00. The second-order valence-corrected chi connectivity index (χ2v) is 4.73. The lowest BCUT2D eigenvalue weighted by atomic mass is 10.0. The molecule has 2 rings (SSSR count). The summed E-state index contributed by atoms with van der Waals surface area (Å²) < 4.78 is 18.7. The van der Waals surface area contributed by atoms with Crippen LogP contribution in [0.15, 0.2) is 36.4 Å². The number of Topliss-reactive ketones (excluding diaryl/α,β-unsaturated/α-hetero) is 1. The number of hydrogen-bond acceptors (Lipinski definition) is 3. The molecule has 0 heterocycles. The number of nitrogen functional groups attached to an aromatic ring is 1. The molecule has 0 radical (unpaired) electrons. The van der Waals surface area contributed by atoms with Crippen LogP contribution in [0.3, 0.4) is 0 Å². The highest BCUT2D eigenvalue weighted by molar-refractivity contribution is 6.30. The molecule has 0 bridgehead atoms. The molecule has 5 heteroatoms. The maximum absolute atomic E-state index is 13.7. The zero-order valence-corrected chi connectivity index (χ0v) is 11.6. The molecule has 0 aromatic heterocycles. The van der Waals surface area contributed by atoms with E-state index in [1.807, 2.05) is 0 Å². The molecule has 0 spiro atoms. The van der Waals surface area contributed by atoms with Gasteiger partial charge >= 0.3 is 0 Å². The summed E-state index contributed by atoms with van der Waals surface area (Å²) in [6, 6.07) is 9.01. The SMILES string of the molecule is COc1ccc(N)c(C(=O)Cc2ccc(Cl)cc2F)c1. The number of halogens is 2. The second kappa shape index (κ2) is 5.92. The van der Waals surface area contributed by atoms with Crippen LogP contribution in [0, 0.1) is 5.82 Å². The Morgan fingerprint density at radius 3 is 2.70 bits per heavy atom. The van der Waals surface area contributed by atoms with Crippen molar-refractivity contribution in [1.29, 1.82) is 0 Å². The quantitative estimate of drug-likeness (QED) is 0.693. The summed E-state index contributed by atoms with van der Waals surface area (Å²) in [6.45, 7) is 0. The van der Waals surface area contributed by atoms with Crippen molar-refractivity contribution in [2.45, 2.75) is 6.42 Å². The van der Waals surface area contributed by atoms with Crippen LogP contribution in [0.4, 0.5) is 10.1 Å². The van der Waals surface area contributed by atoms with Crippen molar-refractivity contribution in [3.05, 3.63) is 58.4 Å². The third-order valence-electron chi connectivity index (χ3n) is 2.93. The smallest absolute Gasteiger partial charge is 0.169 e. The first kappa shape index (κ1) is 14.3. The minimum Gasteiger partial charge on any atom is -0.497 e. The number of benzene rings is 2. The lowest BCUT2D eigenvalue weighted by molar-refractivity contribution is 0.0992. The van der Waals surface area contributed by atoms with Crippen LogP contribution in [0.2, 0.25) is 5.02 Å². The van der Waals surface area contributed by atoms with E-state index in [0.717, 1.165) is 0 Å². The van der Waals surface area contributed by atoms with E-state index in [-0.39, 0.29) is 17.8 Å². The van der Waals surface area contributed by atoms with E-state index < -0.39 is 5.82 Å². The van der Waals surface area contributed by atoms with Crippen LogP contribution in [0.5, 0.6) is 5.75 Å². The van der Waals surface area contributed by atoms with Crippen molar-refractivity contribution in [2.24, 2.45) is 0 Å². The van der Waals surface area contributed by atoms with Crippen LogP contribution in [-0.2, 0) is 6.42 Å². The Morgan fingerprint density at radius 1 is 1.30 bits per heavy atom. The molecule has 2 aromatic carbocycles. The lowest BCUT2D eigenvalue weighted by Gasteiger charge is -2.08. The molecule has 0 saturated carbocycles. The van der Waals surface area contributed by atoms with Crippen LogP contribution >= 0.6 is 11.6 Å². The number of ether oxygens (including phenoxy) is 1. The van der Waals surface area contributed by atoms with Crippen molar-refractivity contribution >= 4 is 23.1 Å². The van der Waals surface area contributed by atoms with Crippen LogP contribution < -0.4 is 10.5 Å². The molecule has 0 fully saturated rings. The van der Waals surface area contributed by atoms with Gasteiger partial charge in [-0.1, -0.05) is 17.7 Å². The number of rotatable bonds is 4. The number of carbonyl (C=O) groups is 1. The lowest BCUT2D eigenvalue weighted by Crippen LogP contribution is -2.08. The number of anilines is 1. The van der Waals surface area contributed by atoms with E-state index in [0.29, 0.717) is 22.0 Å². The van der Waals surface area contributed by atoms with E-state index in [1.54, 1.807) is 24.3 Å². The van der Waals surface area contributed by atoms with Gasteiger partial charge in [-0.2, -0.15) is 0 Å². The van der Waals surface area contributed by atoms with E-state index in [9.17, 15) is 9.18 Å². The number of carbonyl (C=O) groups excluding carboxylic acids is 1. The first-order valence-electron chi connectivity index (χ1n) is 5.92. The first-order valence-corrected chi connectivity index (χ1v) is 6.29. The number of hydrogen-bond donors (Lipinski definition) is 1. The molecule has 2 N–H and O–H groups in total. The minimum absolute atomic E-state index is 0.0830. The van der Waals surface area contributed by atoms with Gasteiger partial charge in [-0.15, -0.1) is 0 Å². The van der Waals surface area contributed by atoms with Crippen LogP contribution in [0.25, 0.3) is 0 Å². The van der Waals surface area contributed by atoms with Crippen molar-refractivity contribution in [3.8, 4) is 5.75 Å². The van der Waals surface area contributed by atoms with Crippen LogP contribution in [-0.4, -0.2) is 12.9 Å². The summed E-state index contributed by atoms with van der Waals surface area (Å²) in [6.07, 6.45) is -0.0830. The Morgan fingerprint density at radius 2 is 2.05 bits per heavy atom. The normalized spacial score (nSPS) is 10.3. The molecule has 0 aliphatic heterocycles. The van der Waals surface area contributed by atoms with E-state index >= 15 is 0 Å². The number of methoxy groups -OCH3 is 1. The van der Waals surface area contributed by atoms with Crippen molar-refractivity contribution in [2.75, 3.05) is 12.8 Å². The molecule has 0 saturated heterocycles. The van der Waals surface area contributed by atoms with Gasteiger partial charge in [0.2, 0.25) is 0 Å². The van der Waals surface area contributed by atoms with Crippen molar-refractivity contribution in [1.82, 2.24) is 0 Å². The largest absolute Gasteiger partial charge is 0.497 e. The van der Waals surface area contributed by atoms with Gasteiger partial charge in [0.15, 0.2) is 5.78 Å². The van der Waals surface area contributed by atoms with Gasteiger partial charge in [-0.05, 0) is 35.9 Å². The van der Waals surface area contributed by atoms with Gasteiger partial charge in [-0.25, -0.2) is 4.39 Å². The Hall–Kier alpha value is -2.07. The molecule has 0 unspecified atom stereocenters. The Kier molecular flexibility index (Phi) is 4.25. The average Bonchev–Trinajstić information content (AvgIpc) is 2.42. The van der Waals surface area contributed by atoms with Crippen molar-refractivity contribution < 1.29 is 13.9 Å². The summed E-state index contributed by atoms with van der Waals surface area (Å²) in [5.41, 5.74) is 6.71. The minimum atomic E-state index is -0.507. The molecule has 2 aromatic rings. The van der Waals surface area contributed by atoms with Crippen LogP contribution in [0.1, 0.15) is 15.9 Å². The summed E-state index contributed by atoms with van der Waals surface area (Å²) in [5, 5.41) is 0.291. The molecular weight excluding hydrogens is 281 g/mol. The van der Waals surface area contributed by atoms with E-state index in [1.165, 1.54) is 19.2 Å². The van der Waals surface area contributed by atoms with Gasteiger partial charge < -0.3 is 10.5 Å². The summed E-state index contributed by atoms with van der Waals surface area (Å²) in [5.74, 6) is -0.255. The zero-order chi connectivity index (χ0) is 14.7. The Labute approximate surface area is 121 Å². The summed E-state index contributed by atoms with van der Waals surface area (Å²) >= 11 is 5.67. The van der Waals surface area contributed by atoms with Crippen molar-refractivity contribution in [3.63, 3.8) is 0 Å². The fourth-order valence-electron chi connectivity index (χ4n) is 1.84. The van der Waals surface area contributed by atoms with E-state index in [2.05, 4.69) is 0 Å². The van der Waals surface area contributed by atoms with E-state index in [4.69, 9.17) is 22.1 Å². The van der Waals surface area contributed by atoms with Gasteiger partial charge in [-0.3, -0.25) is 4.79 Å². The molecule has 0 aliphatic carbocycles. The third-order valence-corrected chi connectivity index (χ3v) is 3.16. The molecule has 3 nitrogen and oxygen atoms in total. The highest BCUT2D eigenvalue weighted by atomic mass is 35.5. The third kappa shape index (κ3) is 3.08. The maximum atomic E-state index is 13.7. The maximum Gasteiger partial charge on any atom is 0.169 e. The predicted octanol–water partition coefficient (Wildman–Crippen LogP) is 3.50. The monoisotopic (exact) mass is 293 g/mol. The fraction of sp³-hybridized carbons (Fsp3) is 0.133. The molecule has 0 aliphatic rings. The standard InChI is InChI=1S/C15H13ClFNO2/c1-20-11-4-5-14(18)12(8-11)15(19)6-9-2-3-10(16)7-13(9)17/h2-5,7-8H,6,18H2,1H3. The predicted molar refractivity (Wildman–Crippen MR) is 76.9 cm³/mol. The molecule has 20 heavy (non-hydrogen) atoms. The average molecular weight is 294 g/mol. The molecule has 104 valence electrons. The van der Waals surface area contributed by atoms with Gasteiger partial charge in [0.05, 0.1) is 7.11 Å². The Bertz CT molecular complexity index is 658.